The Morgan fingerprint density at radius 2 is 2.20 bits per heavy atom. The summed E-state index contributed by atoms with van der Waals surface area (Å²) in [5.74, 6) is -0.111. The van der Waals surface area contributed by atoms with Gasteiger partial charge < -0.3 is 9.64 Å². The van der Waals surface area contributed by atoms with Crippen LogP contribution in [-0.2, 0) is 9.53 Å². The Morgan fingerprint density at radius 3 is 2.87 bits per heavy atom. The maximum absolute atomic E-state index is 11.1. The minimum atomic E-state index is -0.111. The molecule has 0 aromatic heterocycles. The molecule has 1 unspecified atom stereocenters. The van der Waals surface area contributed by atoms with E-state index in [0.29, 0.717) is 12.5 Å². The first-order chi connectivity index (χ1) is 7.13. The molecule has 88 valence electrons. The third kappa shape index (κ3) is 4.18. The number of methoxy groups -OCH3 is 1. The first-order valence-corrected chi connectivity index (χ1v) is 5.63. The smallest absolute Gasteiger partial charge is 0.306 e. The molecule has 0 aliphatic carbocycles. The van der Waals surface area contributed by atoms with Gasteiger partial charge in [0.1, 0.15) is 0 Å². The second-order valence-corrected chi connectivity index (χ2v) is 4.33. The van der Waals surface area contributed by atoms with Crippen LogP contribution >= 0.6 is 0 Å². The van der Waals surface area contributed by atoms with Gasteiger partial charge in [-0.05, 0) is 33.5 Å². The van der Waals surface area contributed by atoms with Gasteiger partial charge in [-0.2, -0.15) is 0 Å². The monoisotopic (exact) mass is 214 g/mol. The van der Waals surface area contributed by atoms with E-state index in [9.17, 15) is 4.79 Å². The standard InChI is InChI=1S/C11H22N2O2/c1-10-9-12(2)6-4-7-13(10)8-5-11(14)15-3/h10H,4-9H2,1-3H3. The lowest BCUT2D eigenvalue weighted by Gasteiger charge is -2.27. The fraction of sp³-hybridized carbons (Fsp3) is 0.909. The molecule has 0 saturated carbocycles. The van der Waals surface area contributed by atoms with Crippen molar-refractivity contribution in [3.05, 3.63) is 0 Å². The van der Waals surface area contributed by atoms with Crippen molar-refractivity contribution in [2.45, 2.75) is 25.8 Å². The highest BCUT2D eigenvalue weighted by molar-refractivity contribution is 5.69. The average molecular weight is 214 g/mol. The van der Waals surface area contributed by atoms with Gasteiger partial charge in [-0.15, -0.1) is 0 Å². The van der Waals surface area contributed by atoms with E-state index in [1.54, 1.807) is 0 Å². The second kappa shape index (κ2) is 6.08. The molecule has 0 radical (unpaired) electrons. The van der Waals surface area contributed by atoms with Crippen LogP contribution < -0.4 is 0 Å². The molecule has 4 heteroatoms. The van der Waals surface area contributed by atoms with Crippen molar-refractivity contribution in [2.24, 2.45) is 0 Å². The van der Waals surface area contributed by atoms with E-state index in [1.807, 2.05) is 0 Å². The van der Waals surface area contributed by atoms with Gasteiger partial charge in [0, 0.05) is 19.1 Å². The van der Waals surface area contributed by atoms with E-state index in [0.717, 1.165) is 26.2 Å². The molecule has 0 amide bonds. The Labute approximate surface area is 92.2 Å². The zero-order chi connectivity index (χ0) is 11.3. The van der Waals surface area contributed by atoms with Crippen LogP contribution in [0.3, 0.4) is 0 Å². The van der Waals surface area contributed by atoms with Crippen molar-refractivity contribution < 1.29 is 9.53 Å². The fourth-order valence-corrected chi connectivity index (χ4v) is 2.09. The topological polar surface area (TPSA) is 32.8 Å². The van der Waals surface area contributed by atoms with Gasteiger partial charge in [0.15, 0.2) is 0 Å². The molecule has 1 fully saturated rings. The van der Waals surface area contributed by atoms with E-state index in [2.05, 4.69) is 28.5 Å². The molecule has 1 saturated heterocycles. The number of carbonyl (C=O) groups is 1. The third-order valence-electron chi connectivity index (χ3n) is 3.02. The normalized spacial score (nSPS) is 24.9. The SMILES string of the molecule is COC(=O)CCN1CCCN(C)CC1C. The summed E-state index contributed by atoms with van der Waals surface area (Å²) < 4.78 is 4.65. The van der Waals surface area contributed by atoms with Crippen molar-refractivity contribution in [2.75, 3.05) is 40.3 Å². The van der Waals surface area contributed by atoms with Gasteiger partial charge in [-0.3, -0.25) is 9.69 Å². The first-order valence-electron chi connectivity index (χ1n) is 5.63. The molecule has 1 heterocycles. The van der Waals surface area contributed by atoms with Crippen molar-refractivity contribution in [1.29, 1.82) is 0 Å². The highest BCUT2D eigenvalue weighted by Crippen LogP contribution is 2.08. The number of carbonyl (C=O) groups excluding carboxylic acids is 1. The Kier molecular flexibility index (Phi) is 5.05. The van der Waals surface area contributed by atoms with Crippen molar-refractivity contribution in [1.82, 2.24) is 9.80 Å². The highest BCUT2D eigenvalue weighted by atomic mass is 16.5. The summed E-state index contributed by atoms with van der Waals surface area (Å²) >= 11 is 0. The van der Waals surface area contributed by atoms with Gasteiger partial charge in [0.05, 0.1) is 13.5 Å². The van der Waals surface area contributed by atoms with E-state index >= 15 is 0 Å². The largest absolute Gasteiger partial charge is 0.469 e. The van der Waals surface area contributed by atoms with Crippen molar-refractivity contribution >= 4 is 5.97 Å². The Hall–Kier alpha value is -0.610. The second-order valence-electron chi connectivity index (χ2n) is 4.33. The van der Waals surface area contributed by atoms with Gasteiger partial charge in [-0.25, -0.2) is 0 Å². The third-order valence-corrected chi connectivity index (χ3v) is 3.02. The average Bonchev–Trinajstić information content (AvgIpc) is 2.36. The van der Waals surface area contributed by atoms with Gasteiger partial charge in [-0.1, -0.05) is 0 Å². The molecular weight excluding hydrogens is 192 g/mol. The van der Waals surface area contributed by atoms with Crippen molar-refractivity contribution in [3.8, 4) is 0 Å². The number of nitrogens with zero attached hydrogens (tertiary/aromatic N) is 2. The lowest BCUT2D eigenvalue weighted by Crippen LogP contribution is -2.39. The summed E-state index contributed by atoms with van der Waals surface area (Å²) in [6, 6.07) is 0.530. The highest BCUT2D eigenvalue weighted by Gasteiger charge is 2.19. The van der Waals surface area contributed by atoms with Crippen LogP contribution in [0.1, 0.15) is 19.8 Å². The summed E-state index contributed by atoms with van der Waals surface area (Å²) in [5, 5.41) is 0. The molecule has 0 bridgehead atoms. The summed E-state index contributed by atoms with van der Waals surface area (Å²) in [7, 11) is 3.60. The van der Waals surface area contributed by atoms with Crippen molar-refractivity contribution in [3.63, 3.8) is 0 Å². The zero-order valence-corrected chi connectivity index (χ0v) is 10.0. The van der Waals surface area contributed by atoms with Crippen LogP contribution in [0.25, 0.3) is 0 Å². The Morgan fingerprint density at radius 1 is 1.47 bits per heavy atom. The summed E-state index contributed by atoms with van der Waals surface area (Å²) in [6.07, 6.45) is 1.69. The molecule has 0 aromatic rings. The maximum atomic E-state index is 11.1. The number of esters is 1. The van der Waals surface area contributed by atoms with Crippen LogP contribution in [-0.4, -0.2) is 62.1 Å². The zero-order valence-electron chi connectivity index (χ0n) is 10.0. The quantitative estimate of drug-likeness (QED) is 0.643. The maximum Gasteiger partial charge on any atom is 0.306 e. The number of hydrogen-bond acceptors (Lipinski definition) is 4. The number of rotatable bonds is 3. The Balaban J connectivity index is 2.35. The Bertz CT molecular complexity index is 209. The summed E-state index contributed by atoms with van der Waals surface area (Å²) in [6.45, 7) is 6.36. The predicted molar refractivity (Wildman–Crippen MR) is 59.8 cm³/mol. The number of hydrogen-bond donors (Lipinski definition) is 0. The molecule has 15 heavy (non-hydrogen) atoms. The minimum Gasteiger partial charge on any atom is -0.469 e. The molecule has 1 atom stereocenters. The summed E-state index contributed by atoms with van der Waals surface area (Å²) in [4.78, 5) is 15.8. The molecule has 0 N–H and O–H groups in total. The van der Waals surface area contributed by atoms with Gasteiger partial charge in [0.25, 0.3) is 0 Å². The molecule has 0 aromatic carbocycles. The molecule has 1 aliphatic rings. The van der Waals surface area contributed by atoms with Gasteiger partial charge in [0.2, 0.25) is 0 Å². The van der Waals surface area contributed by atoms with Gasteiger partial charge >= 0.3 is 5.97 Å². The van der Waals surface area contributed by atoms with Crippen LogP contribution in [0.5, 0.6) is 0 Å². The predicted octanol–water partition coefficient (Wildman–Crippen LogP) is 0.575. The van der Waals surface area contributed by atoms with E-state index in [1.165, 1.54) is 13.5 Å². The molecule has 0 spiro atoms. The molecule has 1 aliphatic heterocycles. The molecular formula is C11H22N2O2. The molecule has 4 nitrogen and oxygen atoms in total. The lowest BCUT2D eigenvalue weighted by atomic mass is 10.2. The minimum absolute atomic E-state index is 0.111. The van der Waals surface area contributed by atoms with Crippen LogP contribution in [0.2, 0.25) is 0 Å². The number of ether oxygens (including phenoxy) is 1. The molecule has 1 rings (SSSR count). The lowest BCUT2D eigenvalue weighted by molar-refractivity contribution is -0.141. The van der Waals surface area contributed by atoms with Crippen LogP contribution in [0.4, 0.5) is 0 Å². The van der Waals surface area contributed by atoms with E-state index < -0.39 is 0 Å². The van der Waals surface area contributed by atoms with Crippen LogP contribution in [0.15, 0.2) is 0 Å². The van der Waals surface area contributed by atoms with E-state index in [4.69, 9.17) is 0 Å². The summed E-state index contributed by atoms with van der Waals surface area (Å²) in [5.41, 5.74) is 0. The first kappa shape index (κ1) is 12.5. The fourth-order valence-electron chi connectivity index (χ4n) is 2.09. The van der Waals surface area contributed by atoms with E-state index in [-0.39, 0.29) is 5.97 Å². The van der Waals surface area contributed by atoms with Crippen LogP contribution in [0, 0.1) is 0 Å². The number of likely N-dealkylation sites (N-methyl/N-ethyl adjacent to an activating group) is 1.